The van der Waals surface area contributed by atoms with Crippen molar-refractivity contribution in [3.05, 3.63) is 47.8 Å². The normalized spacial score (nSPS) is 22.9. The van der Waals surface area contributed by atoms with Crippen LogP contribution >= 0.6 is 0 Å². The van der Waals surface area contributed by atoms with Crippen LogP contribution in [-0.2, 0) is 9.84 Å². The van der Waals surface area contributed by atoms with Gasteiger partial charge in [0.15, 0.2) is 9.84 Å². The van der Waals surface area contributed by atoms with Crippen LogP contribution in [0.15, 0.2) is 36.7 Å². The molecule has 122 valence electrons. The zero-order chi connectivity index (χ0) is 16.7. The molecule has 1 saturated heterocycles. The Morgan fingerprint density at radius 3 is 2.74 bits per heavy atom. The molecule has 1 unspecified atom stereocenters. The molecule has 0 bridgehead atoms. The Kier molecular flexibility index (Phi) is 3.75. The summed E-state index contributed by atoms with van der Waals surface area (Å²) in [5.41, 5.74) is 1.66. The van der Waals surface area contributed by atoms with Gasteiger partial charge >= 0.3 is 0 Å². The number of rotatable bonds is 3. The summed E-state index contributed by atoms with van der Waals surface area (Å²) in [6.45, 7) is 3.74. The molecule has 1 N–H and O–H groups in total. The number of amides is 1. The van der Waals surface area contributed by atoms with Gasteiger partial charge in [0.25, 0.3) is 5.91 Å². The van der Waals surface area contributed by atoms with Crippen molar-refractivity contribution < 1.29 is 13.2 Å². The van der Waals surface area contributed by atoms with Gasteiger partial charge in [0, 0.05) is 6.20 Å². The number of carbonyl (C=O) groups is 1. The molecule has 0 spiro atoms. The summed E-state index contributed by atoms with van der Waals surface area (Å²) >= 11 is 0. The Labute approximate surface area is 135 Å². The summed E-state index contributed by atoms with van der Waals surface area (Å²) in [6.07, 6.45) is 3.59. The van der Waals surface area contributed by atoms with E-state index in [1.165, 1.54) is 6.20 Å². The average molecular weight is 333 g/mol. The third-order valence-electron chi connectivity index (χ3n) is 4.13. The van der Waals surface area contributed by atoms with Crippen LogP contribution in [0.4, 0.5) is 0 Å². The van der Waals surface area contributed by atoms with E-state index in [2.05, 4.69) is 10.4 Å². The predicted octanol–water partition coefficient (Wildman–Crippen LogP) is 1.49. The minimum atomic E-state index is -3.06. The number of para-hydroxylation sites is 1. The van der Waals surface area contributed by atoms with E-state index in [-0.39, 0.29) is 17.4 Å². The van der Waals surface area contributed by atoms with E-state index < -0.39 is 15.4 Å². The summed E-state index contributed by atoms with van der Waals surface area (Å²) < 4.78 is 24.9. The van der Waals surface area contributed by atoms with Crippen LogP contribution in [0.1, 0.15) is 29.3 Å². The van der Waals surface area contributed by atoms with Crippen molar-refractivity contribution in [2.24, 2.45) is 0 Å². The number of hydrogen-bond acceptors (Lipinski definition) is 4. The number of nitrogens with zero attached hydrogens (tertiary/aromatic N) is 2. The minimum absolute atomic E-state index is 0.0162. The van der Waals surface area contributed by atoms with Crippen molar-refractivity contribution in [2.45, 2.75) is 25.8 Å². The monoisotopic (exact) mass is 333 g/mol. The smallest absolute Gasteiger partial charge is 0.254 e. The molecule has 2 heterocycles. The first kappa shape index (κ1) is 15.7. The zero-order valence-electron chi connectivity index (χ0n) is 13.1. The maximum absolute atomic E-state index is 12.4. The summed E-state index contributed by atoms with van der Waals surface area (Å²) in [6, 6.07) is 7.75. The molecule has 0 saturated carbocycles. The van der Waals surface area contributed by atoms with E-state index in [9.17, 15) is 13.2 Å². The van der Waals surface area contributed by atoms with Gasteiger partial charge in [-0.2, -0.15) is 5.10 Å². The Bertz CT molecular complexity index is 857. The van der Waals surface area contributed by atoms with E-state index in [0.717, 1.165) is 11.3 Å². The molecule has 6 nitrogen and oxygen atoms in total. The number of hydrogen-bond donors (Lipinski definition) is 1. The van der Waals surface area contributed by atoms with Crippen molar-refractivity contribution in [2.75, 3.05) is 11.5 Å². The van der Waals surface area contributed by atoms with Gasteiger partial charge in [0.2, 0.25) is 0 Å². The molecular weight excluding hydrogens is 314 g/mol. The van der Waals surface area contributed by atoms with Crippen LogP contribution in [0.5, 0.6) is 0 Å². The molecule has 1 aliphatic heterocycles. The number of aryl methyl sites for hydroxylation is 1. The Balaban J connectivity index is 1.79. The van der Waals surface area contributed by atoms with Gasteiger partial charge < -0.3 is 5.32 Å². The first-order chi connectivity index (χ1) is 10.8. The Morgan fingerprint density at radius 2 is 2.09 bits per heavy atom. The lowest BCUT2D eigenvalue weighted by atomic mass is 10.0. The van der Waals surface area contributed by atoms with Crippen molar-refractivity contribution in [1.82, 2.24) is 15.1 Å². The third-order valence-corrected chi connectivity index (χ3v) is 6.03. The number of sulfone groups is 1. The van der Waals surface area contributed by atoms with Crippen molar-refractivity contribution >= 4 is 15.7 Å². The quantitative estimate of drug-likeness (QED) is 0.923. The summed E-state index contributed by atoms with van der Waals surface area (Å²) in [5, 5.41) is 7.07. The molecule has 23 heavy (non-hydrogen) atoms. The first-order valence-electron chi connectivity index (χ1n) is 7.42. The van der Waals surface area contributed by atoms with Crippen LogP contribution in [0, 0.1) is 6.92 Å². The van der Waals surface area contributed by atoms with E-state index in [1.54, 1.807) is 17.8 Å². The summed E-state index contributed by atoms with van der Waals surface area (Å²) in [7, 11) is -3.06. The molecule has 1 aromatic carbocycles. The molecule has 0 radical (unpaired) electrons. The van der Waals surface area contributed by atoms with Gasteiger partial charge in [-0.1, -0.05) is 18.2 Å². The highest BCUT2D eigenvalue weighted by Crippen LogP contribution is 2.23. The highest BCUT2D eigenvalue weighted by Gasteiger charge is 2.39. The molecule has 1 aliphatic rings. The largest absolute Gasteiger partial charge is 0.346 e. The molecule has 1 amide bonds. The van der Waals surface area contributed by atoms with Gasteiger partial charge in [-0.05, 0) is 31.9 Å². The van der Waals surface area contributed by atoms with Gasteiger partial charge in [-0.25, -0.2) is 13.1 Å². The standard InChI is InChI=1S/C16H19N3O3S/c1-12-5-3-4-6-14(12)19-10-13(9-17-19)15(20)18-16(2)7-8-23(21,22)11-16/h3-6,9-10H,7-8,11H2,1-2H3,(H,18,20). The number of benzene rings is 1. The van der Waals surface area contributed by atoms with Crippen LogP contribution in [0.3, 0.4) is 0 Å². The van der Waals surface area contributed by atoms with Crippen molar-refractivity contribution in [3.63, 3.8) is 0 Å². The zero-order valence-corrected chi connectivity index (χ0v) is 13.9. The highest BCUT2D eigenvalue weighted by molar-refractivity contribution is 7.91. The average Bonchev–Trinajstić information content (AvgIpc) is 3.04. The van der Waals surface area contributed by atoms with Gasteiger partial charge in [0.05, 0.1) is 34.5 Å². The molecular formula is C16H19N3O3S. The summed E-state index contributed by atoms with van der Waals surface area (Å²) in [4.78, 5) is 12.4. The highest BCUT2D eigenvalue weighted by atomic mass is 32.2. The predicted molar refractivity (Wildman–Crippen MR) is 87.4 cm³/mol. The minimum Gasteiger partial charge on any atom is -0.346 e. The third kappa shape index (κ3) is 3.29. The lowest BCUT2D eigenvalue weighted by Crippen LogP contribution is -2.46. The topological polar surface area (TPSA) is 81.1 Å². The molecule has 1 aromatic heterocycles. The lowest BCUT2D eigenvalue weighted by molar-refractivity contribution is 0.0915. The Hall–Kier alpha value is -2.15. The van der Waals surface area contributed by atoms with Crippen molar-refractivity contribution in [1.29, 1.82) is 0 Å². The molecule has 0 aliphatic carbocycles. The van der Waals surface area contributed by atoms with Gasteiger partial charge in [-0.3, -0.25) is 4.79 Å². The number of aromatic nitrogens is 2. The van der Waals surface area contributed by atoms with E-state index in [0.29, 0.717) is 12.0 Å². The first-order valence-corrected chi connectivity index (χ1v) is 9.24. The van der Waals surface area contributed by atoms with E-state index >= 15 is 0 Å². The molecule has 1 fully saturated rings. The maximum Gasteiger partial charge on any atom is 0.254 e. The van der Waals surface area contributed by atoms with Crippen LogP contribution < -0.4 is 5.32 Å². The number of nitrogens with one attached hydrogen (secondary N) is 1. The maximum atomic E-state index is 12.4. The second-order valence-corrected chi connectivity index (χ2v) is 8.50. The lowest BCUT2D eigenvalue weighted by Gasteiger charge is -2.23. The van der Waals surface area contributed by atoms with Gasteiger partial charge in [-0.15, -0.1) is 0 Å². The Morgan fingerprint density at radius 1 is 1.35 bits per heavy atom. The molecule has 1 atom stereocenters. The second-order valence-electron chi connectivity index (χ2n) is 6.32. The fourth-order valence-electron chi connectivity index (χ4n) is 2.85. The van der Waals surface area contributed by atoms with E-state index in [4.69, 9.17) is 0 Å². The number of carbonyl (C=O) groups excluding carboxylic acids is 1. The molecule has 2 aromatic rings. The summed E-state index contributed by atoms with van der Waals surface area (Å²) in [5.74, 6) is -0.200. The van der Waals surface area contributed by atoms with E-state index in [1.807, 2.05) is 31.2 Å². The van der Waals surface area contributed by atoms with Crippen LogP contribution in [-0.4, -0.2) is 41.2 Å². The fourth-order valence-corrected chi connectivity index (χ4v) is 4.94. The fraction of sp³-hybridized carbons (Fsp3) is 0.375. The second kappa shape index (κ2) is 5.49. The van der Waals surface area contributed by atoms with Crippen molar-refractivity contribution in [3.8, 4) is 5.69 Å². The van der Waals surface area contributed by atoms with Crippen LogP contribution in [0.25, 0.3) is 5.69 Å². The van der Waals surface area contributed by atoms with Gasteiger partial charge in [0.1, 0.15) is 0 Å². The molecule has 7 heteroatoms. The SMILES string of the molecule is Cc1ccccc1-n1cc(C(=O)NC2(C)CCS(=O)(=O)C2)cn1. The molecule has 3 rings (SSSR count). The van der Waals surface area contributed by atoms with Crippen LogP contribution in [0.2, 0.25) is 0 Å².